The van der Waals surface area contributed by atoms with Crippen LogP contribution in [0.2, 0.25) is 0 Å². The van der Waals surface area contributed by atoms with Gasteiger partial charge in [0.25, 0.3) is 5.91 Å². The van der Waals surface area contributed by atoms with Crippen LogP contribution in [0.5, 0.6) is 5.75 Å². The predicted octanol–water partition coefficient (Wildman–Crippen LogP) is 2.41. The highest BCUT2D eigenvalue weighted by molar-refractivity contribution is 6.06. The number of ether oxygens (including phenoxy) is 2. The molecule has 1 N–H and O–H groups in total. The molecule has 2 amide bonds. The summed E-state index contributed by atoms with van der Waals surface area (Å²) in [7, 11) is 2.81. The largest absolute Gasteiger partial charge is 0.496 e. The third-order valence-electron chi connectivity index (χ3n) is 6.04. The molecule has 9 heteroatoms. The van der Waals surface area contributed by atoms with E-state index < -0.39 is 17.4 Å². The van der Waals surface area contributed by atoms with Gasteiger partial charge < -0.3 is 24.3 Å². The minimum absolute atomic E-state index is 0.0676. The summed E-state index contributed by atoms with van der Waals surface area (Å²) in [6.07, 6.45) is 1.39. The molecule has 1 aromatic heterocycles. The number of nitrogens with one attached hydrogen (secondary N) is 1. The van der Waals surface area contributed by atoms with E-state index in [0.29, 0.717) is 5.75 Å². The first-order chi connectivity index (χ1) is 16.4. The molecule has 2 aromatic carbocycles. The van der Waals surface area contributed by atoms with E-state index in [9.17, 15) is 14.4 Å². The lowest BCUT2D eigenvalue weighted by atomic mass is 9.93. The van der Waals surface area contributed by atoms with Crippen LogP contribution < -0.4 is 10.1 Å². The van der Waals surface area contributed by atoms with Gasteiger partial charge in [0, 0.05) is 18.7 Å². The van der Waals surface area contributed by atoms with Crippen molar-refractivity contribution >= 4 is 17.8 Å². The minimum Gasteiger partial charge on any atom is -0.496 e. The molecule has 0 spiro atoms. The molecule has 4 rings (SSSR count). The number of methoxy groups -OCH3 is 2. The highest BCUT2D eigenvalue weighted by atomic mass is 16.5. The summed E-state index contributed by atoms with van der Waals surface area (Å²) in [4.78, 5) is 45.0. The normalized spacial score (nSPS) is 17.1. The van der Waals surface area contributed by atoms with Crippen LogP contribution in [0.15, 0.2) is 60.9 Å². The second-order valence-electron chi connectivity index (χ2n) is 8.21. The van der Waals surface area contributed by atoms with Crippen LogP contribution in [0.25, 0.3) is 0 Å². The Morgan fingerprint density at radius 1 is 1.09 bits per heavy atom. The van der Waals surface area contributed by atoms with Gasteiger partial charge in [0.1, 0.15) is 17.0 Å². The second kappa shape index (κ2) is 9.38. The molecule has 3 aromatic rings. The van der Waals surface area contributed by atoms with Gasteiger partial charge in [-0.05, 0) is 18.6 Å². The average molecular weight is 463 g/mol. The van der Waals surface area contributed by atoms with Gasteiger partial charge in [-0.2, -0.15) is 0 Å². The zero-order chi connectivity index (χ0) is 24.3. The molecule has 1 atom stereocenters. The molecular weight excluding hydrogens is 436 g/mol. The molecule has 0 saturated heterocycles. The fraction of sp³-hybridized carbons (Fsp3) is 0.280. The molecule has 0 aliphatic carbocycles. The number of amides is 2. The van der Waals surface area contributed by atoms with E-state index in [4.69, 9.17) is 9.47 Å². The fourth-order valence-corrected chi connectivity index (χ4v) is 4.16. The fourth-order valence-electron chi connectivity index (χ4n) is 4.16. The summed E-state index contributed by atoms with van der Waals surface area (Å²) < 4.78 is 11.7. The first-order valence-corrected chi connectivity index (χ1v) is 10.8. The van der Waals surface area contributed by atoms with Crippen LogP contribution in [-0.4, -0.2) is 52.0 Å². The predicted molar refractivity (Wildman–Crippen MR) is 123 cm³/mol. The van der Waals surface area contributed by atoms with Gasteiger partial charge in [-0.3, -0.25) is 9.59 Å². The van der Waals surface area contributed by atoms with Crippen LogP contribution in [0.3, 0.4) is 0 Å². The van der Waals surface area contributed by atoms with Gasteiger partial charge in [0.2, 0.25) is 5.91 Å². The van der Waals surface area contributed by atoms with E-state index >= 15 is 0 Å². The number of imidazole rings is 1. The SMILES string of the molecule is COC(=O)c1ncn2c1C(=O)N(Cc1ccccc1)C(C)(C(=O)NCc1ccccc1OC)C2. The Morgan fingerprint density at radius 2 is 1.79 bits per heavy atom. The van der Waals surface area contributed by atoms with Crippen LogP contribution in [-0.2, 0) is 29.2 Å². The molecule has 0 saturated carbocycles. The summed E-state index contributed by atoms with van der Waals surface area (Å²) >= 11 is 0. The number of carbonyl (C=O) groups excluding carboxylic acids is 3. The molecule has 1 aliphatic heterocycles. The van der Waals surface area contributed by atoms with Crippen molar-refractivity contribution in [2.45, 2.75) is 32.1 Å². The van der Waals surface area contributed by atoms with E-state index in [2.05, 4.69) is 10.3 Å². The number of nitrogens with zero attached hydrogens (tertiary/aromatic N) is 3. The van der Waals surface area contributed by atoms with Crippen molar-refractivity contribution in [2.24, 2.45) is 0 Å². The van der Waals surface area contributed by atoms with Crippen molar-refractivity contribution in [1.29, 1.82) is 0 Å². The molecule has 0 radical (unpaired) electrons. The summed E-state index contributed by atoms with van der Waals surface area (Å²) in [5.74, 6) is -0.844. The number of carbonyl (C=O) groups is 3. The molecule has 9 nitrogen and oxygen atoms in total. The van der Waals surface area contributed by atoms with E-state index in [1.54, 1.807) is 18.6 Å². The topological polar surface area (TPSA) is 103 Å². The second-order valence-corrected chi connectivity index (χ2v) is 8.21. The number of hydrogen-bond acceptors (Lipinski definition) is 6. The lowest BCUT2D eigenvalue weighted by molar-refractivity contribution is -0.133. The van der Waals surface area contributed by atoms with E-state index in [-0.39, 0.29) is 36.9 Å². The zero-order valence-corrected chi connectivity index (χ0v) is 19.3. The Labute approximate surface area is 197 Å². The van der Waals surface area contributed by atoms with Gasteiger partial charge in [-0.25, -0.2) is 9.78 Å². The number of fused-ring (bicyclic) bond motifs is 1. The van der Waals surface area contributed by atoms with Crippen LogP contribution in [0.1, 0.15) is 39.0 Å². The summed E-state index contributed by atoms with van der Waals surface area (Å²) in [5, 5.41) is 2.95. The van der Waals surface area contributed by atoms with E-state index in [1.807, 2.05) is 54.6 Å². The standard InChI is InChI=1S/C25H26N4O5/c1-25(24(32)26-13-18-11-7-8-12-19(18)33-2)15-28-16-27-20(23(31)34-3)21(28)22(30)29(25)14-17-9-5-4-6-10-17/h4-12,16H,13-15H2,1-3H3,(H,26,32). The Kier molecular flexibility index (Phi) is 6.36. The Hall–Kier alpha value is -4.14. The molecule has 2 heterocycles. The number of benzene rings is 2. The van der Waals surface area contributed by atoms with Gasteiger partial charge >= 0.3 is 5.97 Å². The van der Waals surface area contributed by atoms with Crippen LogP contribution >= 0.6 is 0 Å². The summed E-state index contributed by atoms with van der Waals surface area (Å²) in [6, 6.07) is 16.8. The smallest absolute Gasteiger partial charge is 0.359 e. The molecule has 34 heavy (non-hydrogen) atoms. The van der Waals surface area contributed by atoms with Crippen molar-refractivity contribution in [2.75, 3.05) is 14.2 Å². The number of hydrogen-bond donors (Lipinski definition) is 1. The van der Waals surface area contributed by atoms with Crippen LogP contribution in [0, 0.1) is 0 Å². The Balaban J connectivity index is 1.69. The lowest BCUT2D eigenvalue weighted by Gasteiger charge is -2.43. The monoisotopic (exact) mass is 462 g/mol. The summed E-state index contributed by atoms with van der Waals surface area (Å²) in [5.41, 5.74) is 0.470. The molecular formula is C25H26N4O5. The van der Waals surface area contributed by atoms with Crippen LogP contribution in [0.4, 0.5) is 0 Å². The highest BCUT2D eigenvalue weighted by Crippen LogP contribution is 2.31. The number of esters is 1. The molecule has 1 aliphatic rings. The maximum atomic E-state index is 13.7. The minimum atomic E-state index is -1.24. The lowest BCUT2D eigenvalue weighted by Crippen LogP contribution is -2.63. The van der Waals surface area contributed by atoms with Crippen molar-refractivity contribution in [1.82, 2.24) is 19.8 Å². The van der Waals surface area contributed by atoms with Crippen molar-refractivity contribution in [3.05, 3.63) is 83.4 Å². The van der Waals surface area contributed by atoms with E-state index in [0.717, 1.165) is 11.1 Å². The maximum Gasteiger partial charge on any atom is 0.359 e. The third-order valence-corrected chi connectivity index (χ3v) is 6.04. The average Bonchev–Trinajstić information content (AvgIpc) is 3.29. The zero-order valence-electron chi connectivity index (χ0n) is 19.3. The number of aromatic nitrogens is 2. The van der Waals surface area contributed by atoms with Gasteiger partial charge in [-0.15, -0.1) is 0 Å². The Bertz CT molecular complexity index is 1220. The quantitative estimate of drug-likeness (QED) is 0.541. The van der Waals surface area contributed by atoms with Crippen molar-refractivity contribution in [3.63, 3.8) is 0 Å². The molecule has 176 valence electrons. The summed E-state index contributed by atoms with van der Waals surface area (Å²) in [6.45, 7) is 2.26. The third kappa shape index (κ3) is 4.12. The Morgan fingerprint density at radius 3 is 2.50 bits per heavy atom. The van der Waals surface area contributed by atoms with Gasteiger partial charge in [0.15, 0.2) is 5.69 Å². The molecule has 0 fully saturated rings. The first kappa shape index (κ1) is 23.0. The maximum absolute atomic E-state index is 13.7. The highest BCUT2D eigenvalue weighted by Gasteiger charge is 2.48. The first-order valence-electron chi connectivity index (χ1n) is 10.8. The molecule has 1 unspecified atom stereocenters. The van der Waals surface area contributed by atoms with Gasteiger partial charge in [-0.1, -0.05) is 48.5 Å². The van der Waals surface area contributed by atoms with Crippen molar-refractivity contribution in [3.8, 4) is 5.75 Å². The van der Waals surface area contributed by atoms with E-state index in [1.165, 1.54) is 18.3 Å². The molecule has 0 bridgehead atoms. The van der Waals surface area contributed by atoms with Crippen molar-refractivity contribution < 1.29 is 23.9 Å². The van der Waals surface area contributed by atoms with Gasteiger partial charge in [0.05, 0.1) is 27.1 Å². The number of rotatable bonds is 7. The number of para-hydroxylation sites is 1.